The SMILES string of the molecule is COCCNCCCOc1ccc(OC)cc1Br. The van der Waals surface area contributed by atoms with E-state index in [1.165, 1.54) is 0 Å². The molecule has 0 radical (unpaired) electrons. The van der Waals surface area contributed by atoms with Gasteiger partial charge in [-0.3, -0.25) is 0 Å². The minimum Gasteiger partial charge on any atom is -0.497 e. The molecule has 0 saturated carbocycles. The Labute approximate surface area is 117 Å². The molecule has 0 heterocycles. The summed E-state index contributed by atoms with van der Waals surface area (Å²) in [5.74, 6) is 1.66. The maximum atomic E-state index is 5.67. The largest absolute Gasteiger partial charge is 0.497 e. The van der Waals surface area contributed by atoms with Gasteiger partial charge in [0.2, 0.25) is 0 Å². The predicted octanol–water partition coefficient (Wildman–Crippen LogP) is 2.46. The Hall–Kier alpha value is -0.780. The van der Waals surface area contributed by atoms with Crippen LogP contribution in [0, 0.1) is 0 Å². The van der Waals surface area contributed by atoms with E-state index < -0.39 is 0 Å². The molecule has 0 amide bonds. The lowest BCUT2D eigenvalue weighted by Crippen LogP contribution is -2.21. The molecule has 5 heteroatoms. The molecule has 0 aliphatic rings. The van der Waals surface area contributed by atoms with Crippen LogP contribution in [0.2, 0.25) is 0 Å². The van der Waals surface area contributed by atoms with E-state index in [0.717, 1.165) is 42.1 Å². The molecule has 0 aliphatic carbocycles. The maximum absolute atomic E-state index is 5.67. The molecular weight excluding hydrogens is 298 g/mol. The molecule has 0 aromatic heterocycles. The molecule has 1 aromatic rings. The van der Waals surface area contributed by atoms with Gasteiger partial charge in [-0.05, 0) is 47.1 Å². The number of ether oxygens (including phenoxy) is 3. The van der Waals surface area contributed by atoms with E-state index in [0.29, 0.717) is 6.61 Å². The third-order valence-corrected chi connectivity index (χ3v) is 3.00. The van der Waals surface area contributed by atoms with E-state index in [-0.39, 0.29) is 0 Å². The molecule has 102 valence electrons. The normalized spacial score (nSPS) is 10.4. The molecule has 1 aromatic carbocycles. The Morgan fingerprint density at radius 3 is 2.67 bits per heavy atom. The van der Waals surface area contributed by atoms with Crippen molar-refractivity contribution in [2.75, 3.05) is 40.5 Å². The average molecular weight is 318 g/mol. The summed E-state index contributed by atoms with van der Waals surface area (Å²) in [6, 6.07) is 5.68. The molecule has 18 heavy (non-hydrogen) atoms. The van der Waals surface area contributed by atoms with Crippen molar-refractivity contribution in [2.24, 2.45) is 0 Å². The second kappa shape index (κ2) is 9.19. The van der Waals surface area contributed by atoms with Crippen LogP contribution in [0.4, 0.5) is 0 Å². The van der Waals surface area contributed by atoms with Crippen molar-refractivity contribution in [3.05, 3.63) is 22.7 Å². The van der Waals surface area contributed by atoms with Crippen molar-refractivity contribution in [3.8, 4) is 11.5 Å². The van der Waals surface area contributed by atoms with Gasteiger partial charge in [0.05, 0.1) is 24.8 Å². The van der Waals surface area contributed by atoms with Crippen LogP contribution in [0.25, 0.3) is 0 Å². The Kier molecular flexibility index (Phi) is 7.80. The van der Waals surface area contributed by atoms with Crippen LogP contribution in [0.15, 0.2) is 22.7 Å². The summed E-state index contributed by atoms with van der Waals surface area (Å²) < 4.78 is 16.6. The van der Waals surface area contributed by atoms with Crippen LogP contribution >= 0.6 is 15.9 Å². The predicted molar refractivity (Wildman–Crippen MR) is 75.6 cm³/mol. The van der Waals surface area contributed by atoms with Crippen molar-refractivity contribution in [1.29, 1.82) is 0 Å². The highest BCUT2D eigenvalue weighted by Crippen LogP contribution is 2.29. The van der Waals surface area contributed by atoms with Gasteiger partial charge >= 0.3 is 0 Å². The number of rotatable bonds is 9. The van der Waals surface area contributed by atoms with Crippen LogP contribution in [0.3, 0.4) is 0 Å². The number of nitrogens with one attached hydrogen (secondary N) is 1. The molecule has 0 fully saturated rings. The van der Waals surface area contributed by atoms with E-state index in [1.807, 2.05) is 18.2 Å². The van der Waals surface area contributed by atoms with E-state index in [1.54, 1.807) is 14.2 Å². The molecule has 0 unspecified atom stereocenters. The summed E-state index contributed by atoms with van der Waals surface area (Å²) in [6.45, 7) is 3.23. The molecule has 0 bridgehead atoms. The molecular formula is C13H20BrNO3. The second-order valence-corrected chi connectivity index (χ2v) is 4.60. The zero-order chi connectivity index (χ0) is 13.2. The smallest absolute Gasteiger partial charge is 0.133 e. The zero-order valence-corrected chi connectivity index (χ0v) is 12.5. The van der Waals surface area contributed by atoms with Gasteiger partial charge in [-0.1, -0.05) is 0 Å². The summed E-state index contributed by atoms with van der Waals surface area (Å²) in [5.41, 5.74) is 0. The van der Waals surface area contributed by atoms with Gasteiger partial charge < -0.3 is 19.5 Å². The number of benzene rings is 1. The maximum Gasteiger partial charge on any atom is 0.133 e. The summed E-state index contributed by atoms with van der Waals surface area (Å²) in [4.78, 5) is 0. The van der Waals surface area contributed by atoms with Gasteiger partial charge in [0.15, 0.2) is 0 Å². The Morgan fingerprint density at radius 1 is 1.17 bits per heavy atom. The van der Waals surface area contributed by atoms with Gasteiger partial charge in [0.1, 0.15) is 11.5 Å². The van der Waals surface area contributed by atoms with Crippen LogP contribution in [-0.4, -0.2) is 40.5 Å². The standard InChI is InChI=1S/C13H20BrNO3/c1-16-9-7-15-6-3-8-18-13-5-4-11(17-2)10-12(13)14/h4-5,10,15H,3,6-9H2,1-2H3. The minimum atomic E-state index is 0.685. The highest BCUT2D eigenvalue weighted by atomic mass is 79.9. The van der Waals surface area contributed by atoms with Crippen molar-refractivity contribution < 1.29 is 14.2 Å². The first-order valence-electron chi connectivity index (χ1n) is 5.94. The first-order chi connectivity index (χ1) is 8.77. The third-order valence-electron chi connectivity index (χ3n) is 2.38. The van der Waals surface area contributed by atoms with Crippen molar-refractivity contribution in [2.45, 2.75) is 6.42 Å². The Bertz CT molecular complexity index is 347. The molecule has 0 spiro atoms. The fourth-order valence-corrected chi connectivity index (χ4v) is 1.88. The third kappa shape index (κ3) is 5.71. The van der Waals surface area contributed by atoms with E-state index >= 15 is 0 Å². The highest BCUT2D eigenvalue weighted by Gasteiger charge is 2.02. The number of halogens is 1. The first kappa shape index (κ1) is 15.3. The molecule has 1 N–H and O–H groups in total. The summed E-state index contributed by atoms with van der Waals surface area (Å²) in [7, 11) is 3.35. The van der Waals surface area contributed by atoms with Crippen LogP contribution in [0.1, 0.15) is 6.42 Å². The molecule has 0 atom stereocenters. The lowest BCUT2D eigenvalue weighted by molar-refractivity contribution is 0.198. The van der Waals surface area contributed by atoms with Crippen LogP contribution in [-0.2, 0) is 4.74 Å². The summed E-state index contributed by atoms with van der Waals surface area (Å²) >= 11 is 3.45. The van der Waals surface area contributed by atoms with E-state index in [2.05, 4.69) is 21.2 Å². The second-order valence-electron chi connectivity index (χ2n) is 3.74. The molecule has 1 rings (SSSR count). The Balaban J connectivity index is 2.19. The van der Waals surface area contributed by atoms with Gasteiger partial charge in [0, 0.05) is 13.7 Å². The summed E-state index contributed by atoms with van der Waals surface area (Å²) in [5, 5.41) is 3.27. The fourth-order valence-electron chi connectivity index (χ4n) is 1.40. The van der Waals surface area contributed by atoms with Crippen LogP contribution < -0.4 is 14.8 Å². The zero-order valence-electron chi connectivity index (χ0n) is 10.9. The van der Waals surface area contributed by atoms with Crippen LogP contribution in [0.5, 0.6) is 11.5 Å². The monoisotopic (exact) mass is 317 g/mol. The van der Waals surface area contributed by atoms with Crippen molar-refractivity contribution in [3.63, 3.8) is 0 Å². The highest BCUT2D eigenvalue weighted by molar-refractivity contribution is 9.10. The average Bonchev–Trinajstić information content (AvgIpc) is 2.39. The molecule has 0 saturated heterocycles. The topological polar surface area (TPSA) is 39.7 Å². The quantitative estimate of drug-likeness (QED) is 0.710. The minimum absolute atomic E-state index is 0.685. The van der Waals surface area contributed by atoms with Crippen molar-refractivity contribution >= 4 is 15.9 Å². The van der Waals surface area contributed by atoms with Gasteiger partial charge in [-0.15, -0.1) is 0 Å². The number of hydrogen-bond acceptors (Lipinski definition) is 4. The lowest BCUT2D eigenvalue weighted by atomic mass is 10.3. The van der Waals surface area contributed by atoms with E-state index in [9.17, 15) is 0 Å². The van der Waals surface area contributed by atoms with Gasteiger partial charge in [-0.25, -0.2) is 0 Å². The fraction of sp³-hybridized carbons (Fsp3) is 0.538. The first-order valence-corrected chi connectivity index (χ1v) is 6.73. The molecule has 4 nitrogen and oxygen atoms in total. The number of hydrogen-bond donors (Lipinski definition) is 1. The number of methoxy groups -OCH3 is 2. The Morgan fingerprint density at radius 2 is 2.00 bits per heavy atom. The molecule has 0 aliphatic heterocycles. The van der Waals surface area contributed by atoms with Gasteiger partial charge in [-0.2, -0.15) is 0 Å². The lowest BCUT2D eigenvalue weighted by Gasteiger charge is -2.09. The van der Waals surface area contributed by atoms with E-state index in [4.69, 9.17) is 14.2 Å². The summed E-state index contributed by atoms with van der Waals surface area (Å²) in [6.07, 6.45) is 0.960. The van der Waals surface area contributed by atoms with Gasteiger partial charge in [0.25, 0.3) is 0 Å². The van der Waals surface area contributed by atoms with Crippen molar-refractivity contribution in [1.82, 2.24) is 5.32 Å².